The normalized spacial score (nSPS) is 13.2. The summed E-state index contributed by atoms with van der Waals surface area (Å²) in [5.41, 5.74) is 3.71. The zero-order chi connectivity index (χ0) is 11.0. The zero-order valence-corrected chi connectivity index (χ0v) is 8.34. The molecule has 0 aliphatic carbocycles. The van der Waals surface area contributed by atoms with Gasteiger partial charge in [0.25, 0.3) is 11.9 Å². The summed E-state index contributed by atoms with van der Waals surface area (Å²) in [6, 6.07) is 0. The maximum atomic E-state index is 13.5. The number of aromatic nitrogens is 2. The summed E-state index contributed by atoms with van der Waals surface area (Å²) in [6.07, 6.45) is -0.289. The van der Waals surface area contributed by atoms with Crippen LogP contribution >= 0.6 is 0 Å². The topological polar surface area (TPSA) is 64.9 Å². The van der Waals surface area contributed by atoms with Crippen LogP contribution in [0.15, 0.2) is 4.52 Å². The van der Waals surface area contributed by atoms with E-state index in [4.69, 9.17) is 5.73 Å². The number of nitrogens with two attached hydrogens (primary N) is 1. The average Bonchev–Trinajstić information content (AvgIpc) is 2.52. The third-order valence-corrected chi connectivity index (χ3v) is 2.33. The van der Waals surface area contributed by atoms with E-state index in [9.17, 15) is 8.78 Å². The molecule has 4 nitrogen and oxygen atoms in total. The van der Waals surface area contributed by atoms with Gasteiger partial charge in [0.15, 0.2) is 0 Å². The summed E-state index contributed by atoms with van der Waals surface area (Å²) in [4.78, 5) is 3.62. The first-order valence-corrected chi connectivity index (χ1v) is 4.28. The van der Waals surface area contributed by atoms with Crippen LogP contribution in [-0.2, 0) is 5.41 Å². The average molecular weight is 205 g/mol. The Balaban J connectivity index is 3.07. The molecule has 0 aliphatic heterocycles. The highest BCUT2D eigenvalue weighted by Gasteiger charge is 2.50. The Hall–Kier alpha value is -1.20. The number of nitrogens with zero attached hydrogens (tertiary/aromatic N) is 2. The summed E-state index contributed by atoms with van der Waals surface area (Å²) in [6.45, 7) is 4.11. The molecular formula is C8H13F2N3O. The van der Waals surface area contributed by atoms with E-state index in [0.717, 1.165) is 0 Å². The highest BCUT2D eigenvalue weighted by Crippen LogP contribution is 2.40. The second kappa shape index (κ2) is 3.18. The van der Waals surface area contributed by atoms with E-state index in [0.29, 0.717) is 0 Å². The van der Waals surface area contributed by atoms with Gasteiger partial charge in [-0.2, -0.15) is 4.98 Å². The van der Waals surface area contributed by atoms with Crippen molar-refractivity contribution in [3.05, 3.63) is 5.89 Å². The van der Waals surface area contributed by atoms with Crippen molar-refractivity contribution >= 4 is 5.95 Å². The molecule has 6 heteroatoms. The van der Waals surface area contributed by atoms with Gasteiger partial charge >= 0.3 is 0 Å². The first-order valence-electron chi connectivity index (χ1n) is 4.28. The molecule has 2 N–H and O–H groups in total. The molecule has 80 valence electrons. The van der Waals surface area contributed by atoms with Crippen LogP contribution in [0.1, 0.15) is 33.1 Å². The number of hydrogen-bond donors (Lipinski definition) is 1. The van der Waals surface area contributed by atoms with Crippen molar-refractivity contribution in [2.45, 2.75) is 38.5 Å². The van der Waals surface area contributed by atoms with Crippen molar-refractivity contribution in [3.63, 3.8) is 0 Å². The van der Waals surface area contributed by atoms with Crippen molar-refractivity contribution in [3.8, 4) is 0 Å². The van der Waals surface area contributed by atoms with Gasteiger partial charge in [0, 0.05) is 6.42 Å². The predicted octanol–water partition coefficient (Wildman–Crippen LogP) is 1.97. The van der Waals surface area contributed by atoms with Gasteiger partial charge in [-0.05, 0) is 19.0 Å². The lowest BCUT2D eigenvalue weighted by atomic mass is 9.84. The van der Waals surface area contributed by atoms with E-state index in [-0.39, 0.29) is 18.3 Å². The Kier molecular flexibility index (Phi) is 2.47. The number of alkyl halides is 2. The van der Waals surface area contributed by atoms with Crippen molar-refractivity contribution in [1.82, 2.24) is 10.1 Å². The van der Waals surface area contributed by atoms with Crippen molar-refractivity contribution in [2.24, 2.45) is 0 Å². The molecule has 0 radical (unpaired) electrons. The van der Waals surface area contributed by atoms with Gasteiger partial charge in [-0.15, -0.1) is 0 Å². The van der Waals surface area contributed by atoms with Crippen molar-refractivity contribution in [2.75, 3.05) is 5.73 Å². The Morgan fingerprint density at radius 1 is 1.43 bits per heavy atom. The molecule has 0 unspecified atom stereocenters. The molecule has 1 rings (SSSR count). The van der Waals surface area contributed by atoms with E-state index >= 15 is 0 Å². The predicted molar refractivity (Wildman–Crippen MR) is 47.0 cm³/mol. The monoisotopic (exact) mass is 205 g/mol. The van der Waals surface area contributed by atoms with E-state index in [1.54, 1.807) is 0 Å². The molecule has 0 spiro atoms. The minimum Gasteiger partial charge on any atom is -0.365 e. The fourth-order valence-electron chi connectivity index (χ4n) is 1.09. The third-order valence-electron chi connectivity index (χ3n) is 2.33. The van der Waals surface area contributed by atoms with E-state index in [2.05, 4.69) is 14.7 Å². The van der Waals surface area contributed by atoms with Crippen LogP contribution in [0, 0.1) is 0 Å². The number of nitrogen functional groups attached to an aromatic ring is 1. The van der Waals surface area contributed by atoms with Crippen LogP contribution < -0.4 is 5.73 Å². The van der Waals surface area contributed by atoms with E-state index in [1.165, 1.54) is 20.8 Å². The number of rotatable bonds is 3. The van der Waals surface area contributed by atoms with Crippen LogP contribution in [0.4, 0.5) is 14.7 Å². The number of anilines is 1. The highest BCUT2D eigenvalue weighted by molar-refractivity contribution is 5.16. The maximum Gasteiger partial charge on any atom is 0.261 e. The molecule has 0 aliphatic rings. The quantitative estimate of drug-likeness (QED) is 0.819. The highest BCUT2D eigenvalue weighted by atomic mass is 19.3. The second-order valence-electron chi connectivity index (χ2n) is 3.64. The number of halogens is 2. The minimum absolute atomic E-state index is 0.125. The Bertz CT molecular complexity index is 322. The summed E-state index contributed by atoms with van der Waals surface area (Å²) in [5.74, 6) is -3.16. The molecule has 0 saturated heterocycles. The van der Waals surface area contributed by atoms with E-state index < -0.39 is 11.3 Å². The van der Waals surface area contributed by atoms with Crippen LogP contribution in [0.2, 0.25) is 0 Å². The Morgan fingerprint density at radius 2 is 2.00 bits per heavy atom. The summed E-state index contributed by atoms with van der Waals surface area (Å²) in [5, 5.41) is 3.29. The van der Waals surface area contributed by atoms with Gasteiger partial charge in [0.2, 0.25) is 5.89 Å². The van der Waals surface area contributed by atoms with Gasteiger partial charge in [-0.25, -0.2) is 8.78 Å². The molecule has 0 atom stereocenters. The Labute approximate surface area is 80.5 Å². The third kappa shape index (κ3) is 1.56. The SMILES string of the molecule is CCC(F)(F)C(C)(C)c1nc(N)no1. The van der Waals surface area contributed by atoms with Gasteiger partial charge < -0.3 is 10.3 Å². The fourth-order valence-corrected chi connectivity index (χ4v) is 1.09. The zero-order valence-electron chi connectivity index (χ0n) is 8.34. The van der Waals surface area contributed by atoms with Gasteiger partial charge in [-0.1, -0.05) is 6.92 Å². The molecule has 0 aromatic carbocycles. The molecule has 14 heavy (non-hydrogen) atoms. The van der Waals surface area contributed by atoms with Gasteiger partial charge in [-0.3, -0.25) is 0 Å². The number of hydrogen-bond acceptors (Lipinski definition) is 4. The molecule has 1 aromatic rings. The van der Waals surface area contributed by atoms with Crippen molar-refractivity contribution < 1.29 is 13.3 Å². The van der Waals surface area contributed by atoms with Gasteiger partial charge in [0.1, 0.15) is 5.41 Å². The molecule has 0 amide bonds. The van der Waals surface area contributed by atoms with Crippen LogP contribution in [0.25, 0.3) is 0 Å². The molecule has 0 saturated carbocycles. The first kappa shape index (κ1) is 10.9. The van der Waals surface area contributed by atoms with Gasteiger partial charge in [0.05, 0.1) is 0 Å². The standard InChI is InChI=1S/C8H13F2N3O/c1-4-8(9,10)7(2,3)5-12-6(11)13-14-5/h4H2,1-3H3,(H2,11,13). The molecular weight excluding hydrogens is 192 g/mol. The molecule has 1 heterocycles. The smallest absolute Gasteiger partial charge is 0.261 e. The molecule has 0 bridgehead atoms. The van der Waals surface area contributed by atoms with Crippen LogP contribution in [0.3, 0.4) is 0 Å². The van der Waals surface area contributed by atoms with Crippen molar-refractivity contribution in [1.29, 1.82) is 0 Å². The van der Waals surface area contributed by atoms with Crippen LogP contribution in [0.5, 0.6) is 0 Å². The molecule has 1 aromatic heterocycles. The second-order valence-corrected chi connectivity index (χ2v) is 3.64. The van der Waals surface area contributed by atoms with E-state index in [1.807, 2.05) is 0 Å². The minimum atomic E-state index is -2.90. The summed E-state index contributed by atoms with van der Waals surface area (Å²) < 4.78 is 31.6. The maximum absolute atomic E-state index is 13.5. The van der Waals surface area contributed by atoms with Crippen LogP contribution in [-0.4, -0.2) is 16.1 Å². The fraction of sp³-hybridized carbons (Fsp3) is 0.750. The molecule has 0 fully saturated rings. The summed E-state index contributed by atoms with van der Waals surface area (Å²) >= 11 is 0. The largest absolute Gasteiger partial charge is 0.365 e. The summed E-state index contributed by atoms with van der Waals surface area (Å²) in [7, 11) is 0. The lowest BCUT2D eigenvalue weighted by molar-refractivity contribution is -0.0788. The lowest BCUT2D eigenvalue weighted by Crippen LogP contribution is -2.40. The lowest BCUT2D eigenvalue weighted by Gasteiger charge is -2.29. The Morgan fingerprint density at radius 3 is 2.36 bits per heavy atom. The first-order chi connectivity index (χ1) is 6.31.